The van der Waals surface area contributed by atoms with Crippen molar-refractivity contribution in [2.24, 2.45) is 0 Å². The molecule has 0 bridgehead atoms. The first-order valence-corrected chi connectivity index (χ1v) is 9.52. The summed E-state index contributed by atoms with van der Waals surface area (Å²) < 4.78 is 19.3. The average Bonchev–Trinajstić information content (AvgIpc) is 3.44. The topological polar surface area (TPSA) is 75.0 Å². The number of fused-ring (bicyclic) bond motifs is 1. The van der Waals surface area contributed by atoms with E-state index in [4.69, 9.17) is 4.52 Å². The Morgan fingerprint density at radius 3 is 3.00 bits per heavy atom. The van der Waals surface area contributed by atoms with Crippen molar-refractivity contribution in [3.05, 3.63) is 77.3 Å². The van der Waals surface area contributed by atoms with Crippen LogP contribution in [0.1, 0.15) is 35.2 Å². The molecule has 1 amide bonds. The lowest BCUT2D eigenvalue weighted by atomic mass is 10.1. The molecule has 1 aliphatic heterocycles. The van der Waals surface area contributed by atoms with Crippen LogP contribution in [-0.2, 0) is 11.2 Å². The van der Waals surface area contributed by atoms with Crippen molar-refractivity contribution in [2.75, 3.05) is 11.4 Å². The molecule has 1 unspecified atom stereocenters. The molecule has 7 heteroatoms. The number of aryl methyl sites for hydroxylation is 1. The number of aromatic amines is 1. The number of H-pyrrole nitrogens is 1. The highest BCUT2D eigenvalue weighted by Crippen LogP contribution is 2.31. The van der Waals surface area contributed by atoms with Gasteiger partial charge in [-0.25, -0.2) is 4.39 Å². The Hall–Kier alpha value is -3.48. The number of halogens is 1. The van der Waals surface area contributed by atoms with Crippen LogP contribution in [0.4, 0.5) is 10.1 Å². The van der Waals surface area contributed by atoms with Gasteiger partial charge in [0, 0.05) is 41.7 Å². The number of hydrogen-bond donors (Lipinski definition) is 1. The monoisotopic (exact) mass is 390 g/mol. The van der Waals surface area contributed by atoms with Gasteiger partial charge in [0.25, 0.3) is 0 Å². The van der Waals surface area contributed by atoms with Gasteiger partial charge in [0.05, 0.1) is 6.42 Å². The molecule has 2 aromatic heterocycles. The quantitative estimate of drug-likeness (QED) is 0.569. The summed E-state index contributed by atoms with van der Waals surface area (Å²) in [5.41, 5.74) is 3.25. The highest BCUT2D eigenvalue weighted by molar-refractivity contribution is 5.96. The van der Waals surface area contributed by atoms with E-state index in [1.807, 2.05) is 30.5 Å². The van der Waals surface area contributed by atoms with Gasteiger partial charge >= 0.3 is 0 Å². The van der Waals surface area contributed by atoms with Crippen molar-refractivity contribution < 1.29 is 13.7 Å². The Balaban J connectivity index is 1.34. The van der Waals surface area contributed by atoms with Crippen LogP contribution in [0.3, 0.4) is 0 Å². The fourth-order valence-corrected chi connectivity index (χ4v) is 3.83. The van der Waals surface area contributed by atoms with E-state index in [1.54, 1.807) is 24.0 Å². The lowest BCUT2D eigenvalue weighted by Gasteiger charge is -2.16. The van der Waals surface area contributed by atoms with Crippen molar-refractivity contribution >= 4 is 22.5 Å². The summed E-state index contributed by atoms with van der Waals surface area (Å²) in [6.45, 7) is 2.11. The number of hydrogen-bond acceptors (Lipinski definition) is 4. The number of carbonyl (C=O) groups is 1. The molecule has 1 aliphatic rings. The molecule has 1 fully saturated rings. The van der Waals surface area contributed by atoms with E-state index in [0.717, 1.165) is 16.5 Å². The molecule has 1 saturated heterocycles. The van der Waals surface area contributed by atoms with Crippen LogP contribution in [0.5, 0.6) is 0 Å². The maximum Gasteiger partial charge on any atom is 0.231 e. The van der Waals surface area contributed by atoms with Gasteiger partial charge in [0.1, 0.15) is 5.82 Å². The predicted molar refractivity (Wildman–Crippen MR) is 106 cm³/mol. The molecule has 0 saturated carbocycles. The third kappa shape index (κ3) is 3.18. The SMILES string of the molecule is Cc1ccc(N2CC(c3noc(Cc4c[nH]c5ccccc45)n3)CC2=O)cc1F. The van der Waals surface area contributed by atoms with Crippen molar-refractivity contribution in [1.29, 1.82) is 0 Å². The van der Waals surface area contributed by atoms with Gasteiger partial charge < -0.3 is 14.4 Å². The van der Waals surface area contributed by atoms with Crippen LogP contribution < -0.4 is 4.90 Å². The van der Waals surface area contributed by atoms with Crippen LogP contribution in [0.15, 0.2) is 53.2 Å². The summed E-state index contributed by atoms with van der Waals surface area (Å²) in [7, 11) is 0. The third-order valence-corrected chi connectivity index (χ3v) is 5.46. The smallest absolute Gasteiger partial charge is 0.231 e. The van der Waals surface area contributed by atoms with E-state index in [1.165, 1.54) is 6.07 Å². The van der Waals surface area contributed by atoms with Crippen LogP contribution in [0.25, 0.3) is 10.9 Å². The number of nitrogens with one attached hydrogen (secondary N) is 1. The molecule has 0 aliphatic carbocycles. The van der Waals surface area contributed by atoms with E-state index in [9.17, 15) is 9.18 Å². The number of amides is 1. The third-order valence-electron chi connectivity index (χ3n) is 5.46. The van der Waals surface area contributed by atoms with Gasteiger partial charge in [0.2, 0.25) is 11.8 Å². The van der Waals surface area contributed by atoms with Crippen molar-refractivity contribution in [3.8, 4) is 0 Å². The Kier molecular flexibility index (Phi) is 4.16. The summed E-state index contributed by atoms with van der Waals surface area (Å²) in [5.74, 6) is 0.466. The van der Waals surface area contributed by atoms with Crippen LogP contribution in [0.2, 0.25) is 0 Å². The molecular weight excluding hydrogens is 371 g/mol. The molecule has 0 radical (unpaired) electrons. The first-order valence-electron chi connectivity index (χ1n) is 9.52. The highest BCUT2D eigenvalue weighted by atomic mass is 19.1. The van der Waals surface area contributed by atoms with E-state index < -0.39 is 0 Å². The summed E-state index contributed by atoms with van der Waals surface area (Å²) in [6.07, 6.45) is 2.74. The predicted octanol–water partition coefficient (Wildman–Crippen LogP) is 4.11. The second kappa shape index (κ2) is 6.84. The standard InChI is InChI=1S/C22H19FN4O2/c1-13-6-7-16(10-18(13)23)27-12-15(9-21(27)28)22-25-20(29-26-22)8-14-11-24-19-5-3-2-4-17(14)19/h2-7,10-11,15,24H,8-9,12H2,1H3. The van der Waals surface area contributed by atoms with Gasteiger partial charge in [-0.3, -0.25) is 4.79 Å². The van der Waals surface area contributed by atoms with Gasteiger partial charge in [-0.05, 0) is 36.2 Å². The Morgan fingerprint density at radius 2 is 2.14 bits per heavy atom. The summed E-state index contributed by atoms with van der Waals surface area (Å²) >= 11 is 0. The summed E-state index contributed by atoms with van der Waals surface area (Å²) in [6, 6.07) is 12.9. The van der Waals surface area contributed by atoms with Crippen molar-refractivity contribution in [1.82, 2.24) is 15.1 Å². The van der Waals surface area contributed by atoms with Crippen LogP contribution in [-0.4, -0.2) is 27.6 Å². The van der Waals surface area contributed by atoms with Crippen LogP contribution in [0, 0.1) is 12.7 Å². The molecule has 1 N–H and O–H groups in total. The fraction of sp³-hybridized carbons (Fsp3) is 0.227. The molecule has 2 aromatic carbocycles. The number of para-hydroxylation sites is 1. The fourth-order valence-electron chi connectivity index (χ4n) is 3.83. The first-order chi connectivity index (χ1) is 14.1. The van der Waals surface area contributed by atoms with Gasteiger partial charge in [-0.2, -0.15) is 4.98 Å². The minimum atomic E-state index is -0.320. The normalized spacial score (nSPS) is 16.8. The average molecular weight is 390 g/mol. The van der Waals surface area contributed by atoms with E-state index >= 15 is 0 Å². The van der Waals surface area contributed by atoms with Gasteiger partial charge in [0.15, 0.2) is 5.82 Å². The largest absolute Gasteiger partial charge is 0.361 e. The molecule has 6 nitrogen and oxygen atoms in total. The van der Waals surface area contributed by atoms with Gasteiger partial charge in [-0.15, -0.1) is 0 Å². The minimum Gasteiger partial charge on any atom is -0.361 e. The van der Waals surface area contributed by atoms with E-state index in [0.29, 0.717) is 35.9 Å². The van der Waals surface area contributed by atoms with Gasteiger partial charge in [-0.1, -0.05) is 29.4 Å². The molecule has 1 atom stereocenters. The second-order valence-corrected chi connectivity index (χ2v) is 7.42. The molecular formula is C22H19FN4O2. The first kappa shape index (κ1) is 17.6. The van der Waals surface area contributed by atoms with Crippen molar-refractivity contribution in [3.63, 3.8) is 0 Å². The zero-order chi connectivity index (χ0) is 20.0. The zero-order valence-corrected chi connectivity index (χ0v) is 15.9. The van der Waals surface area contributed by atoms with E-state index in [-0.39, 0.29) is 24.1 Å². The summed E-state index contributed by atoms with van der Waals surface area (Å²) in [5, 5.41) is 5.22. The highest BCUT2D eigenvalue weighted by Gasteiger charge is 2.34. The number of aromatic nitrogens is 3. The number of anilines is 1. The molecule has 29 heavy (non-hydrogen) atoms. The summed E-state index contributed by atoms with van der Waals surface area (Å²) in [4.78, 5) is 21.8. The Labute approximate surface area is 166 Å². The Morgan fingerprint density at radius 1 is 1.28 bits per heavy atom. The second-order valence-electron chi connectivity index (χ2n) is 7.42. The number of rotatable bonds is 4. The lowest BCUT2D eigenvalue weighted by molar-refractivity contribution is -0.117. The molecule has 3 heterocycles. The maximum absolute atomic E-state index is 13.9. The number of nitrogens with zero attached hydrogens (tertiary/aromatic N) is 3. The zero-order valence-electron chi connectivity index (χ0n) is 15.9. The molecule has 4 aromatic rings. The van der Waals surface area contributed by atoms with Crippen LogP contribution >= 0.6 is 0 Å². The van der Waals surface area contributed by atoms with Crippen molar-refractivity contribution in [2.45, 2.75) is 25.7 Å². The number of carbonyl (C=O) groups excluding carboxylic acids is 1. The minimum absolute atomic E-state index is 0.0683. The lowest BCUT2D eigenvalue weighted by Crippen LogP contribution is -2.24. The Bertz CT molecular complexity index is 1210. The molecule has 0 spiro atoms. The molecule has 146 valence electrons. The maximum atomic E-state index is 13.9. The number of benzene rings is 2. The van der Waals surface area contributed by atoms with E-state index in [2.05, 4.69) is 15.1 Å². The molecule has 5 rings (SSSR count).